The smallest absolute Gasteiger partial charge is 0.245 e. The number of nitrogens with two attached hydrogens (primary N) is 1. The van der Waals surface area contributed by atoms with Crippen molar-refractivity contribution < 1.29 is 8.78 Å². The molecule has 4 heteroatoms. The molecule has 1 heterocycles. The SMILES string of the molecule is C[C@H](CN)N1CC[C@@H](C(F)F)c2ccccc21. The van der Waals surface area contributed by atoms with Crippen molar-refractivity contribution in [3.05, 3.63) is 29.8 Å². The fraction of sp³-hybridized carbons (Fsp3) is 0.538. The third-order valence-electron chi connectivity index (χ3n) is 3.50. The Morgan fingerprint density at radius 3 is 2.76 bits per heavy atom. The predicted octanol–water partition coefficient (Wildman–Crippen LogP) is 2.59. The quantitative estimate of drug-likeness (QED) is 0.880. The number of para-hydroxylation sites is 1. The Balaban J connectivity index is 2.36. The second kappa shape index (κ2) is 5.00. The van der Waals surface area contributed by atoms with Gasteiger partial charge in [0.15, 0.2) is 0 Å². The van der Waals surface area contributed by atoms with Crippen LogP contribution in [0.15, 0.2) is 24.3 Å². The van der Waals surface area contributed by atoms with Crippen LogP contribution in [-0.4, -0.2) is 25.6 Å². The first-order valence-electron chi connectivity index (χ1n) is 5.99. The van der Waals surface area contributed by atoms with Gasteiger partial charge in [-0.2, -0.15) is 0 Å². The monoisotopic (exact) mass is 240 g/mol. The lowest BCUT2D eigenvalue weighted by Crippen LogP contribution is -2.43. The van der Waals surface area contributed by atoms with Crippen LogP contribution in [0, 0.1) is 0 Å². The van der Waals surface area contributed by atoms with Crippen LogP contribution in [0.3, 0.4) is 0 Å². The van der Waals surface area contributed by atoms with E-state index in [1.54, 1.807) is 0 Å². The first kappa shape index (κ1) is 12.3. The van der Waals surface area contributed by atoms with Crippen LogP contribution in [0.4, 0.5) is 14.5 Å². The number of hydrogen-bond donors (Lipinski definition) is 1. The van der Waals surface area contributed by atoms with Crippen molar-refractivity contribution in [2.45, 2.75) is 31.7 Å². The highest BCUT2D eigenvalue weighted by atomic mass is 19.3. The highest BCUT2D eigenvalue weighted by molar-refractivity contribution is 5.58. The molecule has 0 spiro atoms. The molecule has 2 atom stereocenters. The third kappa shape index (κ3) is 2.27. The number of alkyl halides is 2. The molecular weight excluding hydrogens is 222 g/mol. The molecule has 17 heavy (non-hydrogen) atoms. The largest absolute Gasteiger partial charge is 0.367 e. The summed E-state index contributed by atoms with van der Waals surface area (Å²) in [5.41, 5.74) is 7.34. The maximum absolute atomic E-state index is 13.0. The second-order valence-corrected chi connectivity index (χ2v) is 4.57. The molecule has 0 fully saturated rings. The van der Waals surface area contributed by atoms with E-state index in [9.17, 15) is 8.78 Å². The van der Waals surface area contributed by atoms with Crippen LogP contribution in [0.1, 0.15) is 24.8 Å². The summed E-state index contributed by atoms with van der Waals surface area (Å²) in [7, 11) is 0. The Morgan fingerprint density at radius 1 is 1.41 bits per heavy atom. The summed E-state index contributed by atoms with van der Waals surface area (Å²) in [5, 5.41) is 0. The molecule has 0 saturated heterocycles. The Morgan fingerprint density at radius 2 is 2.12 bits per heavy atom. The van der Waals surface area contributed by atoms with Crippen molar-refractivity contribution in [3.63, 3.8) is 0 Å². The van der Waals surface area contributed by atoms with E-state index < -0.39 is 12.3 Å². The van der Waals surface area contributed by atoms with Crippen molar-refractivity contribution in [2.75, 3.05) is 18.0 Å². The lowest BCUT2D eigenvalue weighted by molar-refractivity contribution is 0.108. The Kier molecular flexibility index (Phi) is 3.62. The van der Waals surface area contributed by atoms with Crippen molar-refractivity contribution in [3.8, 4) is 0 Å². The fourth-order valence-electron chi connectivity index (χ4n) is 2.46. The summed E-state index contributed by atoms with van der Waals surface area (Å²) in [6.07, 6.45) is -1.79. The Hall–Kier alpha value is -1.16. The molecule has 0 aliphatic carbocycles. The summed E-state index contributed by atoms with van der Waals surface area (Å²) in [6, 6.07) is 7.63. The van der Waals surface area contributed by atoms with Crippen LogP contribution in [0.5, 0.6) is 0 Å². The summed E-state index contributed by atoms with van der Waals surface area (Å²) in [4.78, 5) is 2.13. The zero-order chi connectivity index (χ0) is 12.4. The average molecular weight is 240 g/mol. The molecule has 2 rings (SSSR count). The van der Waals surface area contributed by atoms with Gasteiger partial charge < -0.3 is 10.6 Å². The second-order valence-electron chi connectivity index (χ2n) is 4.57. The van der Waals surface area contributed by atoms with E-state index in [0.717, 1.165) is 11.3 Å². The molecular formula is C13H18F2N2. The molecule has 0 radical (unpaired) electrons. The predicted molar refractivity (Wildman–Crippen MR) is 65.7 cm³/mol. The zero-order valence-corrected chi connectivity index (χ0v) is 9.94. The van der Waals surface area contributed by atoms with Crippen molar-refractivity contribution >= 4 is 5.69 Å². The highest BCUT2D eigenvalue weighted by Gasteiger charge is 2.32. The van der Waals surface area contributed by atoms with Crippen LogP contribution in [0.2, 0.25) is 0 Å². The van der Waals surface area contributed by atoms with E-state index >= 15 is 0 Å². The number of hydrogen-bond acceptors (Lipinski definition) is 2. The van der Waals surface area contributed by atoms with Gasteiger partial charge in [-0.25, -0.2) is 8.78 Å². The normalized spacial score (nSPS) is 21.5. The highest BCUT2D eigenvalue weighted by Crippen LogP contribution is 2.39. The van der Waals surface area contributed by atoms with Gasteiger partial charge in [0.2, 0.25) is 6.43 Å². The topological polar surface area (TPSA) is 29.3 Å². The van der Waals surface area contributed by atoms with E-state index in [4.69, 9.17) is 5.73 Å². The van der Waals surface area contributed by atoms with E-state index in [-0.39, 0.29) is 6.04 Å². The molecule has 0 saturated carbocycles. The third-order valence-corrected chi connectivity index (χ3v) is 3.50. The molecule has 2 N–H and O–H groups in total. The summed E-state index contributed by atoms with van der Waals surface area (Å²) in [5.74, 6) is -0.632. The summed E-state index contributed by atoms with van der Waals surface area (Å²) < 4.78 is 25.9. The number of benzene rings is 1. The van der Waals surface area contributed by atoms with Crippen molar-refractivity contribution in [1.29, 1.82) is 0 Å². The molecule has 0 unspecified atom stereocenters. The molecule has 0 aromatic heterocycles. The van der Waals surface area contributed by atoms with E-state index in [1.807, 2.05) is 31.2 Å². The molecule has 0 amide bonds. The first-order chi connectivity index (χ1) is 8.15. The maximum atomic E-state index is 13.0. The van der Waals surface area contributed by atoms with Crippen LogP contribution in [-0.2, 0) is 0 Å². The van der Waals surface area contributed by atoms with Gasteiger partial charge in [0, 0.05) is 30.7 Å². The molecule has 94 valence electrons. The number of anilines is 1. The van der Waals surface area contributed by atoms with Gasteiger partial charge >= 0.3 is 0 Å². The zero-order valence-electron chi connectivity index (χ0n) is 9.94. The van der Waals surface area contributed by atoms with Gasteiger partial charge in [0.05, 0.1) is 0 Å². The van der Waals surface area contributed by atoms with E-state index in [2.05, 4.69) is 4.90 Å². The van der Waals surface area contributed by atoms with Crippen molar-refractivity contribution in [2.24, 2.45) is 5.73 Å². The molecule has 2 nitrogen and oxygen atoms in total. The maximum Gasteiger partial charge on any atom is 0.245 e. The van der Waals surface area contributed by atoms with E-state index in [1.165, 1.54) is 0 Å². The number of nitrogens with zero attached hydrogens (tertiary/aromatic N) is 1. The standard InChI is InChI=1S/C13H18F2N2/c1-9(8-16)17-7-6-11(13(14)15)10-4-2-3-5-12(10)17/h2-5,9,11,13H,6-8,16H2,1H3/t9-,11-/m1/s1. The lowest BCUT2D eigenvalue weighted by Gasteiger charge is -2.39. The molecule has 1 aromatic rings. The molecule has 1 aliphatic heterocycles. The van der Waals surface area contributed by atoms with Crippen LogP contribution >= 0.6 is 0 Å². The van der Waals surface area contributed by atoms with Gasteiger partial charge in [0.25, 0.3) is 0 Å². The van der Waals surface area contributed by atoms with E-state index in [0.29, 0.717) is 19.5 Å². The Labute approximate surface area is 100 Å². The minimum Gasteiger partial charge on any atom is -0.367 e. The molecule has 1 aliphatic rings. The van der Waals surface area contributed by atoms with Crippen LogP contribution < -0.4 is 10.6 Å². The van der Waals surface area contributed by atoms with Gasteiger partial charge in [0.1, 0.15) is 0 Å². The van der Waals surface area contributed by atoms with Gasteiger partial charge in [-0.1, -0.05) is 18.2 Å². The summed E-state index contributed by atoms with van der Waals surface area (Å²) in [6.45, 7) is 3.22. The number of rotatable bonds is 3. The fourth-order valence-corrected chi connectivity index (χ4v) is 2.46. The average Bonchev–Trinajstić information content (AvgIpc) is 2.36. The molecule has 1 aromatic carbocycles. The number of fused-ring (bicyclic) bond motifs is 1. The van der Waals surface area contributed by atoms with Gasteiger partial charge in [-0.15, -0.1) is 0 Å². The molecule has 0 bridgehead atoms. The first-order valence-corrected chi connectivity index (χ1v) is 5.99. The lowest BCUT2D eigenvalue weighted by atomic mass is 9.89. The number of halogens is 2. The summed E-state index contributed by atoms with van der Waals surface area (Å²) >= 11 is 0. The van der Waals surface area contributed by atoms with Crippen molar-refractivity contribution in [1.82, 2.24) is 0 Å². The van der Waals surface area contributed by atoms with Gasteiger partial charge in [-0.3, -0.25) is 0 Å². The van der Waals surface area contributed by atoms with Crippen LogP contribution in [0.25, 0.3) is 0 Å². The Bertz CT molecular complexity index is 381. The minimum atomic E-state index is -2.29. The van der Waals surface area contributed by atoms with Gasteiger partial charge in [-0.05, 0) is 25.0 Å². The minimum absolute atomic E-state index is 0.190.